The lowest BCUT2D eigenvalue weighted by Gasteiger charge is -2.13. The van der Waals surface area contributed by atoms with Crippen molar-refractivity contribution in [3.63, 3.8) is 0 Å². The number of rotatable bonds is 5. The van der Waals surface area contributed by atoms with E-state index in [2.05, 4.69) is 4.98 Å². The fourth-order valence-electron chi connectivity index (χ4n) is 1.79. The van der Waals surface area contributed by atoms with Gasteiger partial charge in [-0.3, -0.25) is 24.3 Å². The molecule has 0 radical (unpaired) electrons. The van der Waals surface area contributed by atoms with Gasteiger partial charge in [0.05, 0.1) is 4.91 Å². The Kier molecular flexibility index (Phi) is 4.93. The van der Waals surface area contributed by atoms with E-state index in [0.29, 0.717) is 4.32 Å². The molecule has 8 nitrogen and oxygen atoms in total. The normalized spacial score (nSPS) is 16.5. The second kappa shape index (κ2) is 6.71. The van der Waals surface area contributed by atoms with E-state index >= 15 is 0 Å². The van der Waals surface area contributed by atoms with Crippen LogP contribution in [-0.4, -0.2) is 42.7 Å². The average Bonchev–Trinajstić information content (AvgIpc) is 2.64. The summed E-state index contributed by atoms with van der Waals surface area (Å²) in [6, 6.07) is 1.15. The van der Waals surface area contributed by atoms with Gasteiger partial charge in [-0.05, 0) is 12.5 Å². The van der Waals surface area contributed by atoms with Crippen LogP contribution in [0.25, 0.3) is 6.08 Å². The Bertz CT molecular complexity index is 751. The second-order valence-corrected chi connectivity index (χ2v) is 6.05. The van der Waals surface area contributed by atoms with Crippen molar-refractivity contribution in [1.82, 2.24) is 14.9 Å². The highest BCUT2D eigenvalue weighted by molar-refractivity contribution is 8.26. The molecule has 0 bridgehead atoms. The molecule has 116 valence electrons. The molecule has 10 heteroatoms. The Hall–Kier alpha value is -2.20. The van der Waals surface area contributed by atoms with Crippen molar-refractivity contribution in [1.29, 1.82) is 0 Å². The standard InChI is InChI=1S/C12H11N3O5S2/c16-8-5-6(13-11(20)14-8)4-7-10(19)15(12(21)22-7)3-1-2-9(17)18/h4-5H,1-3H2,(H,17,18)(H2,13,14,16,20). The van der Waals surface area contributed by atoms with Crippen LogP contribution in [0.2, 0.25) is 0 Å². The highest BCUT2D eigenvalue weighted by Gasteiger charge is 2.31. The fraction of sp³-hybridized carbons (Fsp3) is 0.250. The van der Waals surface area contributed by atoms with Crippen molar-refractivity contribution in [2.24, 2.45) is 0 Å². The van der Waals surface area contributed by atoms with Gasteiger partial charge < -0.3 is 10.1 Å². The number of thioether (sulfide) groups is 1. The van der Waals surface area contributed by atoms with Crippen molar-refractivity contribution in [3.8, 4) is 0 Å². The van der Waals surface area contributed by atoms with Crippen molar-refractivity contribution in [2.45, 2.75) is 12.8 Å². The largest absolute Gasteiger partial charge is 0.481 e. The number of carboxylic acids is 1. The van der Waals surface area contributed by atoms with E-state index in [0.717, 1.165) is 17.8 Å². The molecule has 2 rings (SSSR count). The molecule has 1 aliphatic heterocycles. The predicted molar refractivity (Wildman–Crippen MR) is 84.4 cm³/mol. The maximum absolute atomic E-state index is 12.2. The number of carbonyl (C=O) groups excluding carboxylic acids is 1. The smallest absolute Gasteiger partial charge is 0.326 e. The molecule has 0 saturated carbocycles. The number of carboxylic acid groups (broad SMARTS) is 1. The summed E-state index contributed by atoms with van der Waals surface area (Å²) < 4.78 is 0.314. The summed E-state index contributed by atoms with van der Waals surface area (Å²) in [6.07, 6.45) is 1.60. The predicted octanol–water partition coefficient (Wildman–Crippen LogP) is 0.129. The molecule has 1 amide bonds. The molecule has 0 unspecified atom stereocenters. The van der Waals surface area contributed by atoms with Gasteiger partial charge in [0.15, 0.2) is 0 Å². The summed E-state index contributed by atoms with van der Waals surface area (Å²) in [6.45, 7) is 0.209. The van der Waals surface area contributed by atoms with E-state index < -0.39 is 17.2 Å². The van der Waals surface area contributed by atoms with Gasteiger partial charge in [-0.25, -0.2) is 4.79 Å². The number of aromatic amines is 2. The maximum Gasteiger partial charge on any atom is 0.326 e. The molecule has 1 saturated heterocycles. The fourth-order valence-corrected chi connectivity index (χ4v) is 3.09. The SMILES string of the molecule is O=C(O)CCCN1C(=O)C(=Cc2cc(=O)[nH]c(=O)[nH]2)SC1=S. The molecule has 1 aromatic rings. The minimum Gasteiger partial charge on any atom is -0.481 e. The first-order valence-corrected chi connectivity index (χ1v) is 7.40. The van der Waals surface area contributed by atoms with Gasteiger partial charge in [-0.1, -0.05) is 24.0 Å². The van der Waals surface area contributed by atoms with Crippen LogP contribution in [0.1, 0.15) is 18.5 Å². The number of aromatic nitrogens is 2. The lowest BCUT2D eigenvalue weighted by Crippen LogP contribution is -2.29. The molecule has 1 aliphatic rings. The zero-order chi connectivity index (χ0) is 16.3. The van der Waals surface area contributed by atoms with Crippen LogP contribution in [0.5, 0.6) is 0 Å². The molecule has 0 aromatic carbocycles. The molecule has 3 N–H and O–H groups in total. The Balaban J connectivity index is 2.16. The molecular formula is C12H11N3O5S2. The zero-order valence-electron chi connectivity index (χ0n) is 11.1. The van der Waals surface area contributed by atoms with Crippen LogP contribution in [-0.2, 0) is 9.59 Å². The third-order valence-corrected chi connectivity index (χ3v) is 4.09. The number of hydrogen-bond donors (Lipinski definition) is 3. The summed E-state index contributed by atoms with van der Waals surface area (Å²) in [5.74, 6) is -1.32. The molecule has 0 atom stereocenters. The third-order valence-electron chi connectivity index (χ3n) is 2.71. The van der Waals surface area contributed by atoms with Crippen molar-refractivity contribution in [2.75, 3.05) is 6.54 Å². The van der Waals surface area contributed by atoms with Gasteiger partial charge >= 0.3 is 11.7 Å². The van der Waals surface area contributed by atoms with E-state index in [4.69, 9.17) is 17.3 Å². The first-order chi connectivity index (χ1) is 10.4. The summed E-state index contributed by atoms with van der Waals surface area (Å²) in [5, 5.41) is 8.60. The number of nitrogens with zero attached hydrogens (tertiary/aromatic N) is 1. The van der Waals surface area contributed by atoms with Gasteiger partial charge in [0.25, 0.3) is 11.5 Å². The van der Waals surface area contributed by atoms with E-state index in [9.17, 15) is 19.2 Å². The summed E-state index contributed by atoms with van der Waals surface area (Å²) in [5.41, 5.74) is -1.05. The van der Waals surface area contributed by atoms with Crippen molar-refractivity contribution >= 4 is 46.3 Å². The lowest BCUT2D eigenvalue weighted by atomic mass is 10.3. The number of thiocarbonyl (C=S) groups is 1. The molecule has 22 heavy (non-hydrogen) atoms. The van der Waals surface area contributed by atoms with Crippen molar-refractivity contribution in [3.05, 3.63) is 37.5 Å². The number of amides is 1. The van der Waals surface area contributed by atoms with Crippen LogP contribution in [0.15, 0.2) is 20.6 Å². The van der Waals surface area contributed by atoms with Crippen LogP contribution < -0.4 is 11.2 Å². The quantitative estimate of drug-likeness (QED) is 0.514. The van der Waals surface area contributed by atoms with E-state index in [1.165, 1.54) is 11.0 Å². The van der Waals surface area contributed by atoms with Gasteiger partial charge in [0.2, 0.25) is 0 Å². The van der Waals surface area contributed by atoms with Gasteiger partial charge in [-0.15, -0.1) is 0 Å². The third kappa shape index (κ3) is 3.92. The average molecular weight is 341 g/mol. The molecule has 2 heterocycles. The van der Waals surface area contributed by atoms with Crippen LogP contribution in [0, 0.1) is 0 Å². The summed E-state index contributed by atoms with van der Waals surface area (Å²) in [4.78, 5) is 51.0. The van der Waals surface area contributed by atoms with Gasteiger partial charge in [-0.2, -0.15) is 0 Å². The second-order valence-electron chi connectivity index (χ2n) is 4.37. The van der Waals surface area contributed by atoms with Gasteiger partial charge in [0, 0.05) is 24.7 Å². The van der Waals surface area contributed by atoms with E-state index in [1.54, 1.807) is 0 Å². The summed E-state index contributed by atoms with van der Waals surface area (Å²) >= 11 is 6.12. The minimum atomic E-state index is -0.943. The zero-order valence-corrected chi connectivity index (χ0v) is 12.8. The number of aliphatic carboxylic acids is 1. The Labute approximate surface area is 133 Å². The number of carbonyl (C=O) groups is 2. The number of H-pyrrole nitrogens is 2. The lowest BCUT2D eigenvalue weighted by molar-refractivity contribution is -0.137. The number of nitrogens with one attached hydrogen (secondary N) is 2. The Morgan fingerprint density at radius 2 is 2.09 bits per heavy atom. The number of hydrogen-bond acceptors (Lipinski definition) is 6. The maximum atomic E-state index is 12.2. The molecule has 0 aliphatic carbocycles. The van der Waals surface area contributed by atoms with Crippen LogP contribution in [0.4, 0.5) is 0 Å². The summed E-state index contributed by atoms with van der Waals surface area (Å²) in [7, 11) is 0. The van der Waals surface area contributed by atoms with E-state index in [-0.39, 0.29) is 35.9 Å². The molecule has 1 aromatic heterocycles. The highest BCUT2D eigenvalue weighted by Crippen LogP contribution is 2.32. The first kappa shape index (κ1) is 16.2. The minimum absolute atomic E-state index is 0.0580. The Morgan fingerprint density at radius 3 is 2.73 bits per heavy atom. The van der Waals surface area contributed by atoms with Crippen molar-refractivity contribution < 1.29 is 14.7 Å². The first-order valence-electron chi connectivity index (χ1n) is 6.17. The Morgan fingerprint density at radius 1 is 1.36 bits per heavy atom. The molecule has 0 spiro atoms. The van der Waals surface area contributed by atoms with Crippen LogP contribution >= 0.6 is 24.0 Å². The monoisotopic (exact) mass is 341 g/mol. The van der Waals surface area contributed by atoms with Gasteiger partial charge in [0.1, 0.15) is 4.32 Å². The topological polar surface area (TPSA) is 123 Å². The molecule has 1 fully saturated rings. The molecular weight excluding hydrogens is 330 g/mol. The van der Waals surface area contributed by atoms with E-state index in [1.807, 2.05) is 4.98 Å². The van der Waals surface area contributed by atoms with Crippen LogP contribution in [0.3, 0.4) is 0 Å². The highest BCUT2D eigenvalue weighted by atomic mass is 32.2.